The Hall–Kier alpha value is -1.73. The largest absolute Gasteiger partial charge is 0.350 e. The van der Waals surface area contributed by atoms with E-state index in [2.05, 4.69) is 15.2 Å². The summed E-state index contributed by atoms with van der Waals surface area (Å²) in [6.07, 6.45) is 9.16. The quantitative estimate of drug-likeness (QED) is 0.816. The zero-order valence-electron chi connectivity index (χ0n) is 13.6. The predicted molar refractivity (Wildman–Crippen MR) is 93.1 cm³/mol. The van der Waals surface area contributed by atoms with Crippen molar-refractivity contribution in [3.63, 3.8) is 0 Å². The van der Waals surface area contributed by atoms with Crippen LogP contribution in [0, 0.1) is 0 Å². The van der Waals surface area contributed by atoms with E-state index in [1.807, 2.05) is 12.1 Å². The summed E-state index contributed by atoms with van der Waals surface area (Å²) in [7, 11) is -2.84. The Morgan fingerprint density at radius 3 is 2.71 bits per heavy atom. The molecule has 1 N–H and O–H groups in total. The maximum absolute atomic E-state index is 12.0. The van der Waals surface area contributed by atoms with Crippen molar-refractivity contribution in [3.8, 4) is 0 Å². The van der Waals surface area contributed by atoms with Gasteiger partial charge in [0.15, 0.2) is 9.84 Å². The van der Waals surface area contributed by atoms with Gasteiger partial charge < -0.3 is 5.32 Å². The van der Waals surface area contributed by atoms with Crippen molar-refractivity contribution < 1.29 is 13.2 Å². The number of sulfone groups is 1. The zero-order valence-corrected chi connectivity index (χ0v) is 14.4. The lowest BCUT2D eigenvalue weighted by Crippen LogP contribution is -2.48. The van der Waals surface area contributed by atoms with Gasteiger partial charge >= 0.3 is 0 Å². The number of nitrogens with one attached hydrogen (secondary N) is 1. The summed E-state index contributed by atoms with van der Waals surface area (Å²) in [5.41, 5.74) is 0.893. The minimum absolute atomic E-state index is 0.0965. The van der Waals surface area contributed by atoms with Gasteiger partial charge in [0.05, 0.1) is 11.5 Å². The maximum Gasteiger partial charge on any atom is 0.244 e. The van der Waals surface area contributed by atoms with Crippen LogP contribution in [0.1, 0.15) is 24.8 Å². The number of carbonyl (C=O) groups excluding carboxylic acids is 1. The molecule has 2 aliphatic rings. The number of hydrogen-bond acceptors (Lipinski definition) is 5. The molecule has 2 fully saturated rings. The third kappa shape index (κ3) is 4.64. The summed E-state index contributed by atoms with van der Waals surface area (Å²) in [4.78, 5) is 18.3. The van der Waals surface area contributed by atoms with E-state index in [0.29, 0.717) is 5.75 Å². The predicted octanol–water partition coefficient (Wildman–Crippen LogP) is 0.863. The first-order chi connectivity index (χ1) is 11.5. The lowest BCUT2D eigenvalue weighted by molar-refractivity contribution is -0.117. The highest BCUT2D eigenvalue weighted by atomic mass is 32.2. The number of nitrogens with zero attached hydrogens (tertiary/aromatic N) is 2. The normalized spacial score (nSPS) is 25.1. The van der Waals surface area contributed by atoms with Crippen molar-refractivity contribution in [1.82, 2.24) is 15.2 Å². The number of aromatic nitrogens is 1. The van der Waals surface area contributed by atoms with Crippen molar-refractivity contribution in [1.29, 1.82) is 0 Å². The van der Waals surface area contributed by atoms with Gasteiger partial charge in [0.2, 0.25) is 5.91 Å². The van der Waals surface area contributed by atoms with Crippen molar-refractivity contribution >= 4 is 21.8 Å². The number of likely N-dealkylation sites (tertiary alicyclic amines) is 1. The Kier molecular flexibility index (Phi) is 5.30. The molecule has 0 aliphatic carbocycles. The number of carbonyl (C=O) groups is 1. The third-order valence-electron chi connectivity index (χ3n) is 4.71. The molecule has 2 aliphatic heterocycles. The summed E-state index contributed by atoms with van der Waals surface area (Å²) < 4.78 is 23.2. The van der Waals surface area contributed by atoms with Crippen LogP contribution in [0.2, 0.25) is 0 Å². The molecule has 130 valence electrons. The Labute approximate surface area is 142 Å². The second-order valence-corrected chi connectivity index (χ2v) is 8.72. The van der Waals surface area contributed by atoms with E-state index in [4.69, 9.17) is 0 Å². The van der Waals surface area contributed by atoms with Crippen molar-refractivity contribution in [3.05, 3.63) is 36.2 Å². The molecule has 1 aromatic heterocycles. The highest BCUT2D eigenvalue weighted by Gasteiger charge is 2.34. The Morgan fingerprint density at radius 2 is 2.08 bits per heavy atom. The molecule has 1 amide bonds. The van der Waals surface area contributed by atoms with Crippen LogP contribution in [0.25, 0.3) is 6.08 Å². The van der Waals surface area contributed by atoms with Gasteiger partial charge in [-0.1, -0.05) is 6.07 Å². The van der Waals surface area contributed by atoms with E-state index in [9.17, 15) is 13.2 Å². The molecular formula is C17H23N3O3S. The summed E-state index contributed by atoms with van der Waals surface area (Å²) in [5, 5.41) is 3.03. The van der Waals surface area contributed by atoms with Crippen LogP contribution >= 0.6 is 0 Å². The van der Waals surface area contributed by atoms with Crippen LogP contribution in [0.15, 0.2) is 30.6 Å². The first-order valence-electron chi connectivity index (χ1n) is 8.35. The van der Waals surface area contributed by atoms with E-state index < -0.39 is 9.84 Å². The molecule has 3 rings (SSSR count). The minimum Gasteiger partial charge on any atom is -0.350 e. The molecule has 0 saturated carbocycles. The van der Waals surface area contributed by atoms with Gasteiger partial charge in [-0.05, 0) is 37.0 Å². The highest BCUT2D eigenvalue weighted by Crippen LogP contribution is 2.21. The van der Waals surface area contributed by atoms with Gasteiger partial charge in [-0.15, -0.1) is 0 Å². The Balaban J connectivity index is 1.44. The molecule has 6 nitrogen and oxygen atoms in total. The molecule has 3 heterocycles. The van der Waals surface area contributed by atoms with Crippen LogP contribution in [-0.4, -0.2) is 60.9 Å². The Morgan fingerprint density at radius 1 is 1.29 bits per heavy atom. The average molecular weight is 349 g/mol. The third-order valence-corrected chi connectivity index (χ3v) is 6.46. The van der Waals surface area contributed by atoms with Gasteiger partial charge in [0.1, 0.15) is 0 Å². The van der Waals surface area contributed by atoms with Gasteiger partial charge in [-0.2, -0.15) is 0 Å². The van der Waals surface area contributed by atoms with E-state index in [1.165, 1.54) is 6.08 Å². The van der Waals surface area contributed by atoms with Gasteiger partial charge in [0.25, 0.3) is 0 Å². The fourth-order valence-corrected chi connectivity index (χ4v) is 5.13. The number of pyridine rings is 1. The van der Waals surface area contributed by atoms with Gasteiger partial charge in [0, 0.05) is 43.6 Å². The van der Waals surface area contributed by atoms with E-state index in [1.54, 1.807) is 18.5 Å². The lowest BCUT2D eigenvalue weighted by Gasteiger charge is -2.35. The number of rotatable bonds is 4. The monoisotopic (exact) mass is 349 g/mol. The fourth-order valence-electron chi connectivity index (χ4n) is 3.37. The van der Waals surface area contributed by atoms with Crippen LogP contribution in [0.3, 0.4) is 0 Å². The first-order valence-corrected chi connectivity index (χ1v) is 10.2. The van der Waals surface area contributed by atoms with Crippen LogP contribution in [0.5, 0.6) is 0 Å². The summed E-state index contributed by atoms with van der Waals surface area (Å²) >= 11 is 0. The molecule has 2 saturated heterocycles. The molecule has 0 bridgehead atoms. The molecule has 24 heavy (non-hydrogen) atoms. The molecule has 1 atom stereocenters. The number of amides is 1. The molecule has 0 radical (unpaired) electrons. The molecule has 1 unspecified atom stereocenters. The molecule has 7 heteroatoms. The molecule has 1 aromatic rings. The number of piperidine rings is 1. The van der Waals surface area contributed by atoms with E-state index in [-0.39, 0.29) is 23.7 Å². The summed E-state index contributed by atoms with van der Waals surface area (Å²) in [6.45, 7) is 1.69. The second kappa shape index (κ2) is 7.44. The first kappa shape index (κ1) is 17.1. The second-order valence-electron chi connectivity index (χ2n) is 6.50. The fraction of sp³-hybridized carbons (Fsp3) is 0.529. The topological polar surface area (TPSA) is 79.4 Å². The smallest absolute Gasteiger partial charge is 0.244 e. The van der Waals surface area contributed by atoms with Crippen LogP contribution in [0.4, 0.5) is 0 Å². The molecular weight excluding hydrogens is 326 g/mol. The zero-order chi connectivity index (χ0) is 17.0. The Bertz CT molecular complexity index is 695. The van der Waals surface area contributed by atoms with Crippen molar-refractivity contribution in [2.24, 2.45) is 0 Å². The summed E-state index contributed by atoms with van der Waals surface area (Å²) in [6, 6.07) is 4.05. The van der Waals surface area contributed by atoms with Gasteiger partial charge in [-0.25, -0.2) is 8.42 Å². The lowest BCUT2D eigenvalue weighted by atomic mass is 10.0. The SMILES string of the molecule is O=C(/C=C/c1cccnc1)NC1CCN(C2CCS(=O)(=O)C2)CC1. The standard InChI is InChI=1S/C17H23N3O3S/c21-17(4-3-14-2-1-8-18-12-14)19-15-5-9-20(10-6-15)16-7-11-24(22,23)13-16/h1-4,8,12,15-16H,5-7,9-11,13H2,(H,19,21)/b4-3+. The number of hydrogen-bond donors (Lipinski definition) is 1. The van der Waals surface area contributed by atoms with Gasteiger partial charge in [-0.3, -0.25) is 14.7 Å². The van der Waals surface area contributed by atoms with E-state index in [0.717, 1.165) is 37.9 Å². The van der Waals surface area contributed by atoms with E-state index >= 15 is 0 Å². The molecule has 0 spiro atoms. The van der Waals surface area contributed by atoms with Crippen molar-refractivity contribution in [2.45, 2.75) is 31.3 Å². The van der Waals surface area contributed by atoms with Crippen molar-refractivity contribution in [2.75, 3.05) is 24.6 Å². The highest BCUT2D eigenvalue weighted by molar-refractivity contribution is 7.91. The van der Waals surface area contributed by atoms with Crippen LogP contribution in [-0.2, 0) is 14.6 Å². The molecule has 0 aromatic carbocycles. The summed E-state index contributed by atoms with van der Waals surface area (Å²) in [5.74, 6) is 0.506. The average Bonchev–Trinajstić information content (AvgIpc) is 2.95. The minimum atomic E-state index is -2.84. The van der Waals surface area contributed by atoms with Crippen LogP contribution < -0.4 is 5.32 Å². The maximum atomic E-state index is 12.0.